The van der Waals surface area contributed by atoms with Gasteiger partial charge in [0.25, 0.3) is 0 Å². The topological polar surface area (TPSA) is 12.4 Å². The number of halogens is 1. The number of fused-ring (bicyclic) bond motifs is 1. The van der Waals surface area contributed by atoms with E-state index in [0.717, 1.165) is 17.7 Å². The second kappa shape index (κ2) is 3.44. The summed E-state index contributed by atoms with van der Waals surface area (Å²) in [6, 6.07) is 0. The first kappa shape index (κ1) is 8.15. The van der Waals surface area contributed by atoms with Crippen LogP contribution < -0.4 is 0 Å². The van der Waals surface area contributed by atoms with Crippen LogP contribution in [0, 0.1) is 5.92 Å². The van der Waals surface area contributed by atoms with Crippen molar-refractivity contribution in [3.05, 3.63) is 11.5 Å². The van der Waals surface area contributed by atoms with E-state index in [9.17, 15) is 0 Å². The summed E-state index contributed by atoms with van der Waals surface area (Å²) in [5.74, 6) is 0.750. The van der Waals surface area contributed by atoms with Crippen LogP contribution in [-0.4, -0.2) is 18.0 Å². The molecule has 0 aromatic carbocycles. The van der Waals surface area contributed by atoms with E-state index in [1.165, 1.54) is 6.42 Å². The van der Waals surface area contributed by atoms with Crippen molar-refractivity contribution in [3.8, 4) is 0 Å². The van der Waals surface area contributed by atoms with Gasteiger partial charge in [-0.15, -0.1) is 24.2 Å². The summed E-state index contributed by atoms with van der Waals surface area (Å²) in [5, 5.41) is 3.03. The molecule has 10 heavy (non-hydrogen) atoms. The largest absolute Gasteiger partial charge is 0.297 e. The average molecular weight is 176 g/mol. The Balaban J connectivity index is 0.000000500. The van der Waals surface area contributed by atoms with Crippen molar-refractivity contribution in [1.82, 2.24) is 0 Å². The molecule has 2 aliphatic rings. The van der Waals surface area contributed by atoms with E-state index >= 15 is 0 Å². The van der Waals surface area contributed by atoms with Gasteiger partial charge in [0.1, 0.15) is 0 Å². The van der Waals surface area contributed by atoms with Gasteiger partial charge in [-0.05, 0) is 18.0 Å². The van der Waals surface area contributed by atoms with Crippen molar-refractivity contribution < 1.29 is 0 Å². The van der Waals surface area contributed by atoms with E-state index in [1.807, 2.05) is 11.8 Å². The SMILES string of the molecule is C1=CC2CN=CCC2S1.Cl. The molecule has 0 fully saturated rings. The molecule has 3 heteroatoms. The number of aliphatic imine (C=N–C) groups is 1. The Hall–Kier alpha value is 0.0500. The summed E-state index contributed by atoms with van der Waals surface area (Å²) in [7, 11) is 0. The fourth-order valence-electron chi connectivity index (χ4n) is 1.26. The molecule has 0 aromatic rings. The Morgan fingerprint density at radius 3 is 3.20 bits per heavy atom. The maximum Gasteiger partial charge on any atom is 0.0459 e. The predicted octanol–water partition coefficient (Wildman–Crippen LogP) is 2.13. The summed E-state index contributed by atoms with van der Waals surface area (Å²) in [5.41, 5.74) is 0. The lowest BCUT2D eigenvalue weighted by molar-refractivity contribution is 0.627. The van der Waals surface area contributed by atoms with Gasteiger partial charge in [-0.2, -0.15) is 0 Å². The molecule has 56 valence electrons. The van der Waals surface area contributed by atoms with Gasteiger partial charge in [-0.25, -0.2) is 0 Å². The highest BCUT2D eigenvalue weighted by Gasteiger charge is 2.24. The van der Waals surface area contributed by atoms with Crippen molar-refractivity contribution >= 4 is 30.4 Å². The Labute approximate surface area is 71.4 Å². The van der Waals surface area contributed by atoms with E-state index in [2.05, 4.69) is 22.7 Å². The van der Waals surface area contributed by atoms with Crippen LogP contribution in [0.1, 0.15) is 6.42 Å². The van der Waals surface area contributed by atoms with Crippen LogP contribution in [0.15, 0.2) is 16.5 Å². The fraction of sp³-hybridized carbons (Fsp3) is 0.571. The van der Waals surface area contributed by atoms with Gasteiger partial charge in [0.15, 0.2) is 0 Å². The third-order valence-electron chi connectivity index (χ3n) is 1.84. The predicted molar refractivity (Wildman–Crippen MR) is 49.2 cm³/mol. The third kappa shape index (κ3) is 1.38. The van der Waals surface area contributed by atoms with Gasteiger partial charge in [-0.3, -0.25) is 4.99 Å². The Morgan fingerprint density at radius 1 is 1.50 bits per heavy atom. The maximum atomic E-state index is 4.23. The second-order valence-corrected chi connectivity index (χ2v) is 3.60. The highest BCUT2D eigenvalue weighted by atomic mass is 35.5. The van der Waals surface area contributed by atoms with Crippen molar-refractivity contribution in [2.24, 2.45) is 10.9 Å². The first-order chi connectivity index (χ1) is 4.47. The van der Waals surface area contributed by atoms with Crippen molar-refractivity contribution in [1.29, 1.82) is 0 Å². The molecule has 0 bridgehead atoms. The van der Waals surface area contributed by atoms with E-state index in [-0.39, 0.29) is 12.4 Å². The number of nitrogens with zero attached hydrogens (tertiary/aromatic N) is 1. The number of hydrogen-bond acceptors (Lipinski definition) is 2. The van der Waals surface area contributed by atoms with Crippen LogP contribution >= 0.6 is 24.2 Å². The normalized spacial score (nSPS) is 35.2. The Kier molecular flexibility index (Phi) is 2.81. The standard InChI is InChI=1S/C7H9NS.ClH/c1-3-8-5-6-2-4-9-7(1)6;/h2-4,6-7H,1,5H2;1H. The minimum atomic E-state index is 0. The number of rotatable bonds is 0. The smallest absolute Gasteiger partial charge is 0.0459 e. The van der Waals surface area contributed by atoms with E-state index in [1.54, 1.807) is 0 Å². The molecule has 0 aromatic heterocycles. The zero-order valence-electron chi connectivity index (χ0n) is 5.56. The van der Waals surface area contributed by atoms with E-state index in [0.29, 0.717) is 0 Å². The lowest BCUT2D eigenvalue weighted by atomic mass is 10.0. The van der Waals surface area contributed by atoms with Gasteiger partial charge in [0.2, 0.25) is 0 Å². The van der Waals surface area contributed by atoms with Gasteiger partial charge < -0.3 is 0 Å². The fourth-order valence-corrected chi connectivity index (χ4v) is 2.33. The van der Waals surface area contributed by atoms with Crippen LogP contribution in [0.4, 0.5) is 0 Å². The molecular formula is C7H10ClNS. The van der Waals surface area contributed by atoms with Crippen molar-refractivity contribution in [3.63, 3.8) is 0 Å². The molecule has 2 unspecified atom stereocenters. The second-order valence-electron chi connectivity index (χ2n) is 2.45. The van der Waals surface area contributed by atoms with E-state index < -0.39 is 0 Å². The summed E-state index contributed by atoms with van der Waals surface area (Å²) >= 11 is 1.95. The van der Waals surface area contributed by atoms with Gasteiger partial charge in [0, 0.05) is 17.7 Å². The lowest BCUT2D eigenvalue weighted by Gasteiger charge is -2.17. The summed E-state index contributed by atoms with van der Waals surface area (Å²) < 4.78 is 0. The molecule has 0 radical (unpaired) electrons. The van der Waals surface area contributed by atoms with E-state index in [4.69, 9.17) is 0 Å². The Bertz CT molecular complexity index is 167. The quantitative estimate of drug-likeness (QED) is 0.550. The van der Waals surface area contributed by atoms with Gasteiger partial charge >= 0.3 is 0 Å². The monoisotopic (exact) mass is 175 g/mol. The maximum absolute atomic E-state index is 4.23. The number of hydrogen-bond donors (Lipinski definition) is 0. The highest BCUT2D eigenvalue weighted by Crippen LogP contribution is 2.33. The van der Waals surface area contributed by atoms with Crippen LogP contribution in [0.5, 0.6) is 0 Å². The zero-order valence-corrected chi connectivity index (χ0v) is 7.20. The van der Waals surface area contributed by atoms with Gasteiger partial charge in [-0.1, -0.05) is 6.08 Å². The van der Waals surface area contributed by atoms with Crippen LogP contribution in [0.25, 0.3) is 0 Å². The van der Waals surface area contributed by atoms with Crippen molar-refractivity contribution in [2.45, 2.75) is 11.7 Å². The molecule has 0 amide bonds. The molecule has 2 atom stereocenters. The van der Waals surface area contributed by atoms with Crippen LogP contribution in [0.3, 0.4) is 0 Å². The molecule has 0 aliphatic carbocycles. The van der Waals surface area contributed by atoms with Crippen molar-refractivity contribution in [2.75, 3.05) is 6.54 Å². The minimum Gasteiger partial charge on any atom is -0.297 e. The molecular weight excluding hydrogens is 166 g/mol. The molecule has 1 nitrogen and oxygen atoms in total. The minimum absolute atomic E-state index is 0. The summed E-state index contributed by atoms with van der Waals surface area (Å²) in [4.78, 5) is 4.23. The zero-order chi connectivity index (χ0) is 6.10. The molecule has 2 aliphatic heterocycles. The summed E-state index contributed by atoms with van der Waals surface area (Å²) in [6.45, 7) is 1.02. The number of thioether (sulfide) groups is 1. The first-order valence-electron chi connectivity index (χ1n) is 3.27. The summed E-state index contributed by atoms with van der Waals surface area (Å²) in [6.07, 6.45) is 5.51. The average Bonchev–Trinajstić information content (AvgIpc) is 2.33. The third-order valence-corrected chi connectivity index (χ3v) is 3.05. The van der Waals surface area contributed by atoms with Gasteiger partial charge in [0.05, 0.1) is 0 Å². The highest BCUT2D eigenvalue weighted by molar-refractivity contribution is 8.03. The molecule has 2 heterocycles. The first-order valence-corrected chi connectivity index (χ1v) is 4.21. The molecule has 0 saturated carbocycles. The lowest BCUT2D eigenvalue weighted by Crippen LogP contribution is -2.19. The molecule has 2 rings (SSSR count). The van der Waals surface area contributed by atoms with Crippen LogP contribution in [0.2, 0.25) is 0 Å². The van der Waals surface area contributed by atoms with Crippen LogP contribution in [-0.2, 0) is 0 Å². The molecule has 0 spiro atoms. The molecule has 0 saturated heterocycles. The molecule has 0 N–H and O–H groups in total. The Morgan fingerprint density at radius 2 is 2.40 bits per heavy atom.